The smallest absolute Gasteiger partial charge is 0.274 e. The molecule has 0 N–H and O–H groups in total. The summed E-state index contributed by atoms with van der Waals surface area (Å²) in [5.74, 6) is 0.963. The summed E-state index contributed by atoms with van der Waals surface area (Å²) < 4.78 is 12.4. The molecule has 7 heteroatoms. The van der Waals surface area contributed by atoms with E-state index in [-0.39, 0.29) is 30.3 Å². The average Bonchev–Trinajstić information content (AvgIpc) is 2.86. The van der Waals surface area contributed by atoms with Crippen LogP contribution in [0.4, 0.5) is 0 Å². The summed E-state index contributed by atoms with van der Waals surface area (Å²) in [6, 6.07) is 24.0. The molecule has 33 heavy (non-hydrogen) atoms. The van der Waals surface area contributed by atoms with E-state index in [0.29, 0.717) is 28.8 Å². The molecule has 0 fully saturated rings. The third kappa shape index (κ3) is 4.87. The average molecular weight is 444 g/mol. The molecular formula is C26H25N3O4. The van der Waals surface area contributed by atoms with Crippen LogP contribution in [0.15, 0.2) is 83.7 Å². The Morgan fingerprint density at radius 2 is 1.55 bits per heavy atom. The van der Waals surface area contributed by atoms with Crippen molar-refractivity contribution in [2.75, 3.05) is 27.3 Å². The van der Waals surface area contributed by atoms with Crippen LogP contribution in [-0.4, -0.2) is 47.9 Å². The molecule has 0 radical (unpaired) electrons. The SMILES string of the molecule is COc1ccccc1OCCN(C)C(=O)c1nn(Cc2ccccc2)c(=O)c2ccccc12. The molecule has 0 aliphatic rings. The lowest BCUT2D eigenvalue weighted by molar-refractivity contribution is 0.0767. The van der Waals surface area contributed by atoms with Gasteiger partial charge in [0.2, 0.25) is 0 Å². The lowest BCUT2D eigenvalue weighted by Gasteiger charge is -2.19. The summed E-state index contributed by atoms with van der Waals surface area (Å²) in [4.78, 5) is 27.9. The molecule has 0 aliphatic carbocycles. The van der Waals surface area contributed by atoms with E-state index in [9.17, 15) is 9.59 Å². The van der Waals surface area contributed by atoms with Crippen molar-refractivity contribution in [3.63, 3.8) is 0 Å². The summed E-state index contributed by atoms with van der Waals surface area (Å²) in [5.41, 5.74) is 0.938. The predicted molar refractivity (Wildman–Crippen MR) is 127 cm³/mol. The first-order valence-corrected chi connectivity index (χ1v) is 10.6. The third-order valence-electron chi connectivity index (χ3n) is 5.35. The molecule has 168 valence electrons. The second-order valence-electron chi connectivity index (χ2n) is 7.57. The standard InChI is InChI=1S/C26H25N3O4/c1-28(16-17-33-23-15-9-8-14-22(23)32-2)26(31)24-20-12-6-7-13-21(20)25(30)29(27-24)18-19-10-4-3-5-11-19/h3-15H,16-18H2,1-2H3. The van der Waals surface area contributed by atoms with Gasteiger partial charge in [-0.15, -0.1) is 0 Å². The normalized spacial score (nSPS) is 10.7. The molecular weight excluding hydrogens is 418 g/mol. The minimum Gasteiger partial charge on any atom is -0.493 e. The number of hydrogen-bond donors (Lipinski definition) is 0. The van der Waals surface area contributed by atoms with E-state index in [1.165, 1.54) is 4.68 Å². The highest BCUT2D eigenvalue weighted by molar-refractivity contribution is 6.04. The van der Waals surface area contributed by atoms with Gasteiger partial charge in [-0.05, 0) is 23.8 Å². The number of para-hydroxylation sites is 2. The quantitative estimate of drug-likeness (QED) is 0.416. The van der Waals surface area contributed by atoms with Gasteiger partial charge in [-0.2, -0.15) is 5.10 Å². The molecule has 4 rings (SSSR count). The van der Waals surface area contributed by atoms with Gasteiger partial charge in [0, 0.05) is 12.4 Å². The van der Waals surface area contributed by atoms with Crippen molar-refractivity contribution in [2.45, 2.75) is 6.54 Å². The zero-order valence-electron chi connectivity index (χ0n) is 18.6. The first-order chi connectivity index (χ1) is 16.1. The number of fused-ring (bicyclic) bond motifs is 1. The van der Waals surface area contributed by atoms with Gasteiger partial charge in [0.15, 0.2) is 17.2 Å². The van der Waals surface area contributed by atoms with E-state index < -0.39 is 0 Å². The minimum atomic E-state index is -0.281. The van der Waals surface area contributed by atoms with Crippen molar-refractivity contribution >= 4 is 16.7 Å². The number of aromatic nitrogens is 2. The Kier molecular flexibility index (Phi) is 6.69. The number of likely N-dealkylation sites (N-methyl/N-ethyl adjacent to an activating group) is 1. The van der Waals surface area contributed by atoms with Gasteiger partial charge in [0.25, 0.3) is 11.5 Å². The first-order valence-electron chi connectivity index (χ1n) is 10.6. The fraction of sp³-hybridized carbons (Fsp3) is 0.192. The number of rotatable bonds is 8. The number of amides is 1. The molecule has 0 atom stereocenters. The van der Waals surface area contributed by atoms with Crippen molar-refractivity contribution in [1.82, 2.24) is 14.7 Å². The fourth-order valence-electron chi connectivity index (χ4n) is 3.57. The molecule has 1 heterocycles. The Morgan fingerprint density at radius 1 is 0.909 bits per heavy atom. The van der Waals surface area contributed by atoms with Crippen LogP contribution >= 0.6 is 0 Å². The van der Waals surface area contributed by atoms with E-state index in [1.54, 1.807) is 43.3 Å². The van der Waals surface area contributed by atoms with Gasteiger partial charge in [-0.25, -0.2) is 4.68 Å². The number of nitrogens with zero attached hydrogens (tertiary/aromatic N) is 3. The molecule has 3 aromatic carbocycles. The number of benzene rings is 3. The Balaban J connectivity index is 1.57. The maximum atomic E-state index is 13.3. The zero-order chi connectivity index (χ0) is 23.2. The topological polar surface area (TPSA) is 73.7 Å². The molecule has 0 saturated heterocycles. The van der Waals surface area contributed by atoms with E-state index in [2.05, 4.69) is 5.10 Å². The van der Waals surface area contributed by atoms with Gasteiger partial charge < -0.3 is 14.4 Å². The number of carbonyl (C=O) groups is 1. The van der Waals surface area contributed by atoms with Gasteiger partial charge in [-0.3, -0.25) is 9.59 Å². The van der Waals surface area contributed by atoms with Crippen molar-refractivity contribution in [3.05, 3.63) is 100 Å². The second kappa shape index (κ2) is 9.99. The predicted octanol–water partition coefficient (Wildman–Crippen LogP) is 3.60. The molecule has 1 aromatic heterocycles. The van der Waals surface area contributed by atoms with Gasteiger partial charge in [-0.1, -0.05) is 60.7 Å². The van der Waals surface area contributed by atoms with Gasteiger partial charge >= 0.3 is 0 Å². The second-order valence-corrected chi connectivity index (χ2v) is 7.57. The molecule has 0 saturated carbocycles. The van der Waals surface area contributed by atoms with E-state index >= 15 is 0 Å². The molecule has 7 nitrogen and oxygen atoms in total. The van der Waals surface area contributed by atoms with E-state index in [4.69, 9.17) is 9.47 Å². The van der Waals surface area contributed by atoms with Crippen molar-refractivity contribution in [2.24, 2.45) is 0 Å². The van der Waals surface area contributed by atoms with E-state index in [0.717, 1.165) is 5.56 Å². The Morgan fingerprint density at radius 3 is 2.27 bits per heavy atom. The number of methoxy groups -OCH3 is 1. The van der Waals surface area contributed by atoms with Crippen LogP contribution in [-0.2, 0) is 6.54 Å². The third-order valence-corrected chi connectivity index (χ3v) is 5.35. The van der Waals surface area contributed by atoms with E-state index in [1.807, 2.05) is 54.6 Å². The van der Waals surface area contributed by atoms with Crippen LogP contribution in [0.1, 0.15) is 16.1 Å². The highest BCUT2D eigenvalue weighted by Crippen LogP contribution is 2.25. The van der Waals surface area contributed by atoms with Crippen LogP contribution < -0.4 is 15.0 Å². The van der Waals surface area contributed by atoms with Gasteiger partial charge in [0.1, 0.15) is 6.61 Å². The number of hydrogen-bond acceptors (Lipinski definition) is 5. The van der Waals surface area contributed by atoms with Crippen molar-refractivity contribution in [1.29, 1.82) is 0 Å². The summed E-state index contributed by atoms with van der Waals surface area (Å²) in [6.07, 6.45) is 0. The lowest BCUT2D eigenvalue weighted by Crippen LogP contribution is -2.34. The Labute approximate surface area is 191 Å². The Hall–Kier alpha value is -4.13. The van der Waals surface area contributed by atoms with Gasteiger partial charge in [0.05, 0.1) is 25.6 Å². The van der Waals surface area contributed by atoms with Crippen LogP contribution in [0.2, 0.25) is 0 Å². The zero-order valence-corrected chi connectivity index (χ0v) is 18.6. The summed E-state index contributed by atoms with van der Waals surface area (Å²) in [6.45, 7) is 0.903. The van der Waals surface area contributed by atoms with Crippen LogP contribution in [0.5, 0.6) is 11.5 Å². The maximum Gasteiger partial charge on any atom is 0.274 e. The molecule has 0 spiro atoms. The fourth-order valence-corrected chi connectivity index (χ4v) is 3.57. The molecule has 1 amide bonds. The largest absolute Gasteiger partial charge is 0.493 e. The highest BCUT2D eigenvalue weighted by atomic mass is 16.5. The molecule has 0 aliphatic heterocycles. The number of ether oxygens (including phenoxy) is 2. The molecule has 0 unspecified atom stereocenters. The minimum absolute atomic E-state index is 0.229. The molecule has 4 aromatic rings. The summed E-state index contributed by atoms with van der Waals surface area (Å²) in [7, 11) is 3.27. The molecule has 0 bridgehead atoms. The Bertz CT molecular complexity index is 1320. The number of carbonyl (C=O) groups excluding carboxylic acids is 1. The van der Waals surface area contributed by atoms with Crippen molar-refractivity contribution < 1.29 is 14.3 Å². The summed E-state index contributed by atoms with van der Waals surface area (Å²) >= 11 is 0. The maximum absolute atomic E-state index is 13.3. The highest BCUT2D eigenvalue weighted by Gasteiger charge is 2.20. The van der Waals surface area contributed by atoms with Crippen LogP contribution in [0.25, 0.3) is 10.8 Å². The monoisotopic (exact) mass is 443 g/mol. The lowest BCUT2D eigenvalue weighted by atomic mass is 10.1. The van der Waals surface area contributed by atoms with Crippen LogP contribution in [0, 0.1) is 0 Å². The van der Waals surface area contributed by atoms with Crippen LogP contribution in [0.3, 0.4) is 0 Å². The van der Waals surface area contributed by atoms with Crippen molar-refractivity contribution in [3.8, 4) is 11.5 Å². The summed E-state index contributed by atoms with van der Waals surface area (Å²) in [5, 5.41) is 5.46. The first kappa shape index (κ1) is 22.1.